The first-order chi connectivity index (χ1) is 10.7. The van der Waals surface area contributed by atoms with E-state index in [-0.39, 0.29) is 12.0 Å². The van der Waals surface area contributed by atoms with Crippen LogP contribution in [0.15, 0.2) is 47.3 Å². The Hall–Kier alpha value is -1.95. The van der Waals surface area contributed by atoms with E-state index < -0.39 is 0 Å². The molecule has 0 radical (unpaired) electrons. The molecule has 0 bridgehead atoms. The summed E-state index contributed by atoms with van der Waals surface area (Å²) in [5.74, 6) is 0.530. The Balaban J connectivity index is 1.68. The summed E-state index contributed by atoms with van der Waals surface area (Å²) < 4.78 is 6.64. The third-order valence-electron chi connectivity index (χ3n) is 3.60. The molecule has 1 fully saturated rings. The molecule has 1 aromatic heterocycles. The van der Waals surface area contributed by atoms with E-state index in [4.69, 9.17) is 4.74 Å². The Morgan fingerprint density at radius 1 is 1.32 bits per heavy atom. The van der Waals surface area contributed by atoms with Crippen LogP contribution in [-0.4, -0.2) is 40.0 Å². The fourth-order valence-electron chi connectivity index (χ4n) is 2.54. The van der Waals surface area contributed by atoms with Gasteiger partial charge in [0.15, 0.2) is 0 Å². The summed E-state index contributed by atoms with van der Waals surface area (Å²) in [6.45, 7) is 1.32. The SMILES string of the molecule is O=C(c1ccccc1Br)N1CCCC(Oc2cnccn2)C1. The van der Waals surface area contributed by atoms with Gasteiger partial charge in [0, 0.05) is 23.4 Å². The normalized spacial score (nSPS) is 18.0. The molecular formula is C16H16BrN3O2. The van der Waals surface area contributed by atoms with Gasteiger partial charge in [0.25, 0.3) is 5.91 Å². The number of nitrogens with zero attached hydrogens (tertiary/aromatic N) is 3. The van der Waals surface area contributed by atoms with Gasteiger partial charge in [0.05, 0.1) is 18.3 Å². The Bertz CT molecular complexity index is 651. The third-order valence-corrected chi connectivity index (χ3v) is 4.29. The van der Waals surface area contributed by atoms with Crippen molar-refractivity contribution < 1.29 is 9.53 Å². The first kappa shape index (κ1) is 15.0. The zero-order chi connectivity index (χ0) is 15.4. The average Bonchev–Trinajstić information content (AvgIpc) is 2.56. The van der Waals surface area contributed by atoms with Crippen LogP contribution in [0.4, 0.5) is 0 Å². The van der Waals surface area contributed by atoms with E-state index in [1.165, 1.54) is 0 Å². The molecule has 3 rings (SSSR count). The van der Waals surface area contributed by atoms with Gasteiger partial charge in [-0.25, -0.2) is 4.98 Å². The predicted molar refractivity (Wildman–Crippen MR) is 85.7 cm³/mol. The Morgan fingerprint density at radius 2 is 2.18 bits per heavy atom. The summed E-state index contributed by atoms with van der Waals surface area (Å²) in [5.41, 5.74) is 0.683. The number of benzene rings is 1. The predicted octanol–water partition coefficient (Wildman–Crippen LogP) is 2.92. The molecule has 1 aliphatic rings. The van der Waals surface area contributed by atoms with Crippen molar-refractivity contribution in [3.05, 3.63) is 52.9 Å². The number of hydrogen-bond donors (Lipinski definition) is 0. The molecule has 1 amide bonds. The van der Waals surface area contributed by atoms with Crippen molar-refractivity contribution in [1.29, 1.82) is 0 Å². The van der Waals surface area contributed by atoms with E-state index in [1.807, 2.05) is 29.2 Å². The molecule has 114 valence electrons. The highest BCUT2D eigenvalue weighted by atomic mass is 79.9. The van der Waals surface area contributed by atoms with Crippen molar-refractivity contribution >= 4 is 21.8 Å². The van der Waals surface area contributed by atoms with E-state index in [1.54, 1.807) is 18.6 Å². The second-order valence-electron chi connectivity index (χ2n) is 5.16. The highest BCUT2D eigenvalue weighted by Crippen LogP contribution is 2.21. The number of carbonyl (C=O) groups excluding carboxylic acids is 1. The lowest BCUT2D eigenvalue weighted by atomic mass is 10.1. The van der Waals surface area contributed by atoms with Crippen LogP contribution in [-0.2, 0) is 0 Å². The number of ether oxygens (including phenoxy) is 1. The number of hydrogen-bond acceptors (Lipinski definition) is 4. The maximum atomic E-state index is 12.6. The van der Waals surface area contributed by atoms with Gasteiger partial charge in [0.2, 0.25) is 5.88 Å². The van der Waals surface area contributed by atoms with E-state index in [0.29, 0.717) is 18.0 Å². The Kier molecular flexibility index (Phi) is 4.68. The van der Waals surface area contributed by atoms with E-state index in [0.717, 1.165) is 23.9 Å². The van der Waals surface area contributed by atoms with Crippen LogP contribution in [0.1, 0.15) is 23.2 Å². The number of carbonyl (C=O) groups is 1. The van der Waals surface area contributed by atoms with Gasteiger partial charge in [0.1, 0.15) is 6.10 Å². The monoisotopic (exact) mass is 361 g/mol. The topological polar surface area (TPSA) is 55.3 Å². The van der Waals surface area contributed by atoms with Crippen LogP contribution in [0, 0.1) is 0 Å². The largest absolute Gasteiger partial charge is 0.471 e. The summed E-state index contributed by atoms with van der Waals surface area (Å²) in [7, 11) is 0. The quantitative estimate of drug-likeness (QED) is 0.843. The standard InChI is InChI=1S/C16H16BrN3O2/c17-14-6-2-1-5-13(14)16(21)20-9-3-4-12(11-20)22-15-10-18-7-8-19-15/h1-2,5-8,10,12H,3-4,9,11H2. The first-order valence-electron chi connectivity index (χ1n) is 7.20. The number of amides is 1. The highest BCUT2D eigenvalue weighted by molar-refractivity contribution is 9.10. The van der Waals surface area contributed by atoms with Crippen LogP contribution in [0.3, 0.4) is 0 Å². The molecule has 22 heavy (non-hydrogen) atoms. The second-order valence-corrected chi connectivity index (χ2v) is 6.01. The average molecular weight is 362 g/mol. The van der Waals surface area contributed by atoms with Crippen molar-refractivity contribution in [3.63, 3.8) is 0 Å². The molecule has 1 saturated heterocycles. The molecule has 5 nitrogen and oxygen atoms in total. The molecule has 1 aromatic carbocycles. The van der Waals surface area contributed by atoms with Crippen LogP contribution in [0.2, 0.25) is 0 Å². The molecular weight excluding hydrogens is 346 g/mol. The van der Waals surface area contributed by atoms with E-state index >= 15 is 0 Å². The van der Waals surface area contributed by atoms with Gasteiger partial charge in [-0.3, -0.25) is 9.78 Å². The molecule has 1 unspecified atom stereocenters. The number of halogens is 1. The van der Waals surface area contributed by atoms with E-state index in [2.05, 4.69) is 25.9 Å². The molecule has 1 atom stereocenters. The molecule has 0 saturated carbocycles. The van der Waals surface area contributed by atoms with Gasteiger partial charge in [-0.1, -0.05) is 12.1 Å². The maximum Gasteiger partial charge on any atom is 0.255 e. The minimum atomic E-state index is -0.0445. The lowest BCUT2D eigenvalue weighted by Crippen LogP contribution is -2.44. The number of rotatable bonds is 3. The van der Waals surface area contributed by atoms with Crippen molar-refractivity contribution in [2.75, 3.05) is 13.1 Å². The van der Waals surface area contributed by atoms with Crippen LogP contribution >= 0.6 is 15.9 Å². The lowest BCUT2D eigenvalue weighted by Gasteiger charge is -2.32. The third kappa shape index (κ3) is 3.44. The summed E-state index contributed by atoms with van der Waals surface area (Å²) in [5, 5.41) is 0. The van der Waals surface area contributed by atoms with Crippen molar-refractivity contribution in [2.45, 2.75) is 18.9 Å². The molecule has 1 aliphatic heterocycles. The van der Waals surface area contributed by atoms with Crippen molar-refractivity contribution in [2.24, 2.45) is 0 Å². The smallest absolute Gasteiger partial charge is 0.255 e. The molecule has 6 heteroatoms. The zero-order valence-electron chi connectivity index (χ0n) is 12.0. The fourth-order valence-corrected chi connectivity index (χ4v) is 3.00. The second kappa shape index (κ2) is 6.87. The van der Waals surface area contributed by atoms with Gasteiger partial charge in [-0.15, -0.1) is 0 Å². The Morgan fingerprint density at radius 3 is 2.95 bits per heavy atom. The molecule has 0 N–H and O–H groups in total. The van der Waals surface area contributed by atoms with Gasteiger partial charge in [-0.05, 0) is 40.9 Å². The van der Waals surface area contributed by atoms with Gasteiger partial charge in [-0.2, -0.15) is 0 Å². The summed E-state index contributed by atoms with van der Waals surface area (Å²) in [6, 6.07) is 7.48. The number of likely N-dealkylation sites (tertiary alicyclic amines) is 1. The van der Waals surface area contributed by atoms with Gasteiger partial charge < -0.3 is 9.64 Å². The van der Waals surface area contributed by atoms with Crippen LogP contribution < -0.4 is 4.74 Å². The molecule has 0 aliphatic carbocycles. The lowest BCUT2D eigenvalue weighted by molar-refractivity contribution is 0.0526. The fraction of sp³-hybridized carbons (Fsp3) is 0.312. The zero-order valence-corrected chi connectivity index (χ0v) is 13.6. The Labute approximate surface area is 137 Å². The first-order valence-corrected chi connectivity index (χ1v) is 8.00. The van der Waals surface area contributed by atoms with Crippen LogP contribution in [0.25, 0.3) is 0 Å². The summed E-state index contributed by atoms with van der Waals surface area (Å²) in [4.78, 5) is 22.6. The summed E-state index contributed by atoms with van der Waals surface area (Å²) >= 11 is 3.44. The maximum absolute atomic E-state index is 12.6. The van der Waals surface area contributed by atoms with Crippen LogP contribution in [0.5, 0.6) is 5.88 Å². The number of piperidine rings is 1. The minimum absolute atomic E-state index is 0.0277. The highest BCUT2D eigenvalue weighted by Gasteiger charge is 2.26. The van der Waals surface area contributed by atoms with E-state index in [9.17, 15) is 4.79 Å². The molecule has 2 aromatic rings. The minimum Gasteiger partial charge on any atom is -0.471 e. The van der Waals surface area contributed by atoms with Gasteiger partial charge >= 0.3 is 0 Å². The molecule has 2 heterocycles. The summed E-state index contributed by atoms with van der Waals surface area (Å²) in [6.07, 6.45) is 6.59. The molecule has 0 spiro atoms. The van der Waals surface area contributed by atoms with Crippen molar-refractivity contribution in [3.8, 4) is 5.88 Å². The number of aromatic nitrogens is 2. The van der Waals surface area contributed by atoms with Crippen molar-refractivity contribution in [1.82, 2.24) is 14.9 Å².